The topological polar surface area (TPSA) is 43.2 Å². The van der Waals surface area contributed by atoms with Crippen molar-refractivity contribution in [3.8, 4) is 0 Å². The molecule has 0 bridgehead atoms. The zero-order valence-corrected chi connectivity index (χ0v) is 18.0. The fraction of sp³-hybridized carbons (Fsp3) is 0.391. The maximum Gasteiger partial charge on any atom is 0.112 e. The Morgan fingerprint density at radius 1 is 1.17 bits per heavy atom. The van der Waals surface area contributed by atoms with Gasteiger partial charge in [-0.2, -0.15) is 5.10 Å². The van der Waals surface area contributed by atoms with Gasteiger partial charge in [-0.05, 0) is 55.7 Å². The van der Waals surface area contributed by atoms with Crippen LogP contribution >= 0.6 is 11.6 Å². The number of benzene rings is 1. The zero-order chi connectivity index (χ0) is 20.4. The maximum atomic E-state index is 6.15. The van der Waals surface area contributed by atoms with Gasteiger partial charge in [-0.3, -0.25) is 14.6 Å². The van der Waals surface area contributed by atoms with E-state index in [4.69, 9.17) is 21.3 Å². The number of rotatable bonds is 5. The Morgan fingerprint density at radius 2 is 2.03 bits per heavy atom. The van der Waals surface area contributed by atoms with Crippen molar-refractivity contribution < 1.29 is 4.74 Å². The number of pyridine rings is 1. The molecule has 1 aliphatic rings. The van der Waals surface area contributed by atoms with E-state index in [1.54, 1.807) is 0 Å². The molecule has 0 N–H and O–H groups in total. The molecule has 1 aliphatic heterocycles. The highest BCUT2D eigenvalue weighted by atomic mass is 35.5. The summed E-state index contributed by atoms with van der Waals surface area (Å²) in [7, 11) is 1.97. The van der Waals surface area contributed by atoms with Crippen LogP contribution in [0.15, 0.2) is 42.6 Å². The minimum atomic E-state index is -0.0151. The number of halogens is 1. The molecular formula is C23H27ClN4O. The predicted molar refractivity (Wildman–Crippen MR) is 115 cm³/mol. The molecule has 2 aromatic heterocycles. The SMILES string of the molecule is Cc1cc(Cc2cccc(Cl)c2)cc([C@@H]2CN(Cc3cn(C)nc3C)CCO2)n1. The van der Waals surface area contributed by atoms with Crippen molar-refractivity contribution in [2.75, 3.05) is 19.7 Å². The molecule has 1 fully saturated rings. The number of morpholine rings is 1. The lowest BCUT2D eigenvalue weighted by Crippen LogP contribution is -2.38. The van der Waals surface area contributed by atoms with E-state index < -0.39 is 0 Å². The van der Waals surface area contributed by atoms with Crippen molar-refractivity contribution in [3.63, 3.8) is 0 Å². The van der Waals surface area contributed by atoms with Crippen molar-refractivity contribution in [1.82, 2.24) is 19.7 Å². The molecule has 4 rings (SSSR count). The van der Waals surface area contributed by atoms with Gasteiger partial charge >= 0.3 is 0 Å². The Hall–Kier alpha value is -2.21. The molecular weight excluding hydrogens is 384 g/mol. The van der Waals surface area contributed by atoms with Crippen LogP contribution in [0, 0.1) is 13.8 Å². The van der Waals surface area contributed by atoms with Gasteiger partial charge in [0, 0.05) is 49.2 Å². The van der Waals surface area contributed by atoms with E-state index in [1.165, 1.54) is 16.7 Å². The highest BCUT2D eigenvalue weighted by molar-refractivity contribution is 6.30. The van der Waals surface area contributed by atoms with E-state index >= 15 is 0 Å². The summed E-state index contributed by atoms with van der Waals surface area (Å²) in [6.07, 6.45) is 2.93. The summed E-state index contributed by atoms with van der Waals surface area (Å²) in [4.78, 5) is 7.22. The summed E-state index contributed by atoms with van der Waals surface area (Å²) >= 11 is 6.15. The molecule has 3 heterocycles. The molecule has 0 spiro atoms. The van der Waals surface area contributed by atoms with Gasteiger partial charge in [-0.1, -0.05) is 23.7 Å². The minimum Gasteiger partial charge on any atom is -0.369 e. The number of aromatic nitrogens is 3. The molecule has 1 aromatic carbocycles. The number of hydrogen-bond donors (Lipinski definition) is 0. The first kappa shape index (κ1) is 20.1. The Balaban J connectivity index is 1.49. The summed E-state index contributed by atoms with van der Waals surface area (Å²) in [5.41, 5.74) is 6.82. The summed E-state index contributed by atoms with van der Waals surface area (Å²) in [5.74, 6) is 0. The summed E-state index contributed by atoms with van der Waals surface area (Å²) in [6, 6.07) is 12.3. The molecule has 0 unspecified atom stereocenters. The molecule has 5 nitrogen and oxygen atoms in total. The Kier molecular flexibility index (Phi) is 5.99. The molecule has 3 aromatic rings. The second-order valence-electron chi connectivity index (χ2n) is 7.86. The molecule has 1 saturated heterocycles. The Labute approximate surface area is 177 Å². The third kappa shape index (κ3) is 5.04. The van der Waals surface area contributed by atoms with Crippen LogP contribution in [0.5, 0.6) is 0 Å². The number of ether oxygens (including phenoxy) is 1. The van der Waals surface area contributed by atoms with Crippen molar-refractivity contribution in [1.29, 1.82) is 0 Å². The van der Waals surface area contributed by atoms with Gasteiger partial charge in [0.2, 0.25) is 0 Å². The molecule has 1 atom stereocenters. The van der Waals surface area contributed by atoms with E-state index in [-0.39, 0.29) is 6.10 Å². The lowest BCUT2D eigenvalue weighted by molar-refractivity contribution is -0.0351. The van der Waals surface area contributed by atoms with Gasteiger partial charge in [0.25, 0.3) is 0 Å². The lowest BCUT2D eigenvalue weighted by Gasteiger charge is -2.32. The normalized spacial score (nSPS) is 17.6. The molecule has 0 amide bonds. The van der Waals surface area contributed by atoms with Gasteiger partial charge in [0.05, 0.1) is 18.0 Å². The molecule has 0 saturated carbocycles. The van der Waals surface area contributed by atoms with Gasteiger partial charge in [0.15, 0.2) is 0 Å². The maximum absolute atomic E-state index is 6.15. The summed E-state index contributed by atoms with van der Waals surface area (Å²) in [5, 5.41) is 5.23. The van der Waals surface area contributed by atoms with Crippen LogP contribution in [0.2, 0.25) is 5.02 Å². The molecule has 29 heavy (non-hydrogen) atoms. The zero-order valence-electron chi connectivity index (χ0n) is 17.2. The minimum absolute atomic E-state index is 0.0151. The van der Waals surface area contributed by atoms with Gasteiger partial charge in [-0.25, -0.2) is 0 Å². The second kappa shape index (κ2) is 8.66. The molecule has 152 valence electrons. The monoisotopic (exact) mass is 410 g/mol. The third-order valence-electron chi connectivity index (χ3n) is 5.32. The predicted octanol–water partition coefficient (Wildman–Crippen LogP) is 4.25. The smallest absolute Gasteiger partial charge is 0.112 e. The fourth-order valence-electron chi connectivity index (χ4n) is 3.99. The first-order valence-electron chi connectivity index (χ1n) is 10.0. The van der Waals surface area contributed by atoms with Crippen molar-refractivity contribution in [3.05, 3.63) is 81.4 Å². The average molecular weight is 411 g/mol. The highest BCUT2D eigenvalue weighted by Crippen LogP contribution is 2.25. The van der Waals surface area contributed by atoms with Crippen LogP contribution in [0.25, 0.3) is 0 Å². The molecule has 6 heteroatoms. The van der Waals surface area contributed by atoms with E-state index in [0.717, 1.165) is 48.2 Å². The second-order valence-corrected chi connectivity index (χ2v) is 8.29. The van der Waals surface area contributed by atoms with Crippen LogP contribution in [-0.2, 0) is 24.8 Å². The van der Waals surface area contributed by atoms with Crippen LogP contribution in [0.3, 0.4) is 0 Å². The Morgan fingerprint density at radius 3 is 2.79 bits per heavy atom. The van der Waals surface area contributed by atoms with Gasteiger partial charge < -0.3 is 4.74 Å². The van der Waals surface area contributed by atoms with Crippen molar-refractivity contribution in [2.24, 2.45) is 7.05 Å². The summed E-state index contributed by atoms with van der Waals surface area (Å²) < 4.78 is 7.98. The van der Waals surface area contributed by atoms with Gasteiger partial charge in [0.1, 0.15) is 6.10 Å². The highest BCUT2D eigenvalue weighted by Gasteiger charge is 2.24. The quantitative estimate of drug-likeness (QED) is 0.630. The Bertz CT molecular complexity index is 1000. The van der Waals surface area contributed by atoms with Crippen molar-refractivity contribution >= 4 is 11.6 Å². The average Bonchev–Trinajstić information content (AvgIpc) is 2.98. The largest absolute Gasteiger partial charge is 0.369 e. The van der Waals surface area contributed by atoms with Crippen LogP contribution in [0.1, 0.15) is 39.9 Å². The molecule has 0 radical (unpaired) electrons. The van der Waals surface area contributed by atoms with Crippen molar-refractivity contribution in [2.45, 2.75) is 32.9 Å². The first-order valence-corrected chi connectivity index (χ1v) is 10.4. The van der Waals surface area contributed by atoms with Crippen LogP contribution < -0.4 is 0 Å². The van der Waals surface area contributed by atoms with E-state index in [0.29, 0.717) is 6.61 Å². The standard InChI is InChI=1S/C23H27ClN4O/c1-16-9-19(10-18-5-4-6-21(24)11-18)12-22(25-16)23-15-28(7-8-29-23)14-20-13-27(3)26-17(20)2/h4-6,9,11-13,23H,7-8,10,14-15H2,1-3H3/t23-/m0/s1. The third-order valence-corrected chi connectivity index (χ3v) is 5.55. The lowest BCUT2D eigenvalue weighted by atomic mass is 10.0. The van der Waals surface area contributed by atoms with E-state index in [9.17, 15) is 0 Å². The molecule has 0 aliphatic carbocycles. The number of hydrogen-bond acceptors (Lipinski definition) is 4. The van der Waals surface area contributed by atoms with Crippen LogP contribution in [-0.4, -0.2) is 39.4 Å². The van der Waals surface area contributed by atoms with Gasteiger partial charge in [-0.15, -0.1) is 0 Å². The number of nitrogens with zero attached hydrogens (tertiary/aromatic N) is 4. The first-order chi connectivity index (χ1) is 14.0. The van der Waals surface area contributed by atoms with E-state index in [1.807, 2.05) is 36.9 Å². The number of aryl methyl sites for hydroxylation is 3. The van der Waals surface area contributed by atoms with Crippen LogP contribution in [0.4, 0.5) is 0 Å². The summed E-state index contributed by atoms with van der Waals surface area (Å²) in [6.45, 7) is 7.47. The fourth-order valence-corrected chi connectivity index (χ4v) is 4.20. The van der Waals surface area contributed by atoms with E-state index in [2.05, 4.69) is 41.3 Å².